The largest absolute Gasteiger partial charge is 0.465 e. The van der Waals surface area contributed by atoms with Gasteiger partial charge < -0.3 is 20.6 Å². The second kappa shape index (κ2) is 10.4. The number of carbonyl (C=O) groups is 2. The number of aryl methyl sites for hydroxylation is 1. The first kappa shape index (κ1) is 24.0. The molecule has 2 aliphatic heterocycles. The fourth-order valence-electron chi connectivity index (χ4n) is 4.25. The van der Waals surface area contributed by atoms with Crippen LogP contribution in [0.5, 0.6) is 0 Å². The average Bonchev–Trinajstić information content (AvgIpc) is 3.29. The van der Waals surface area contributed by atoms with Crippen LogP contribution in [-0.4, -0.2) is 46.4 Å². The van der Waals surface area contributed by atoms with Gasteiger partial charge >= 0.3 is 6.09 Å². The summed E-state index contributed by atoms with van der Waals surface area (Å²) in [7, 11) is 0. The maximum absolute atomic E-state index is 10.9. The summed E-state index contributed by atoms with van der Waals surface area (Å²) < 4.78 is 0. The number of primary amides is 1. The van der Waals surface area contributed by atoms with E-state index in [0.29, 0.717) is 31.5 Å². The van der Waals surface area contributed by atoms with Crippen molar-refractivity contribution < 1.29 is 19.5 Å². The third kappa shape index (κ3) is 5.87. The van der Waals surface area contributed by atoms with Crippen molar-refractivity contribution >= 4 is 17.7 Å². The van der Waals surface area contributed by atoms with Gasteiger partial charge in [0.1, 0.15) is 5.60 Å². The van der Waals surface area contributed by atoms with Crippen LogP contribution in [0.25, 0.3) is 11.1 Å². The summed E-state index contributed by atoms with van der Waals surface area (Å²) in [6, 6.07) is 25.5. The molecule has 7 heteroatoms. The molecule has 2 amide bonds. The highest BCUT2D eigenvalue weighted by atomic mass is 16.7. The van der Waals surface area contributed by atoms with Gasteiger partial charge in [-0.15, -0.1) is 0 Å². The molecule has 2 aliphatic rings. The minimum absolute atomic E-state index is 0.299. The van der Waals surface area contributed by atoms with E-state index in [2.05, 4.69) is 36.3 Å². The Morgan fingerprint density at radius 2 is 1.46 bits per heavy atom. The van der Waals surface area contributed by atoms with Crippen LogP contribution in [0.15, 0.2) is 84.0 Å². The molecule has 35 heavy (non-hydrogen) atoms. The first-order chi connectivity index (χ1) is 16.8. The number of carbonyl (C=O) groups excluding carboxylic acids is 1. The Morgan fingerprint density at radius 1 is 0.886 bits per heavy atom. The fraction of sp³-hybridized carbons (Fsp3) is 0.250. The molecule has 0 bridgehead atoms. The van der Waals surface area contributed by atoms with Gasteiger partial charge in [-0.3, -0.25) is 4.79 Å². The highest BCUT2D eigenvalue weighted by Crippen LogP contribution is 2.36. The summed E-state index contributed by atoms with van der Waals surface area (Å²) in [5.74, 6) is -0.394. The van der Waals surface area contributed by atoms with Crippen LogP contribution >= 0.6 is 0 Å². The molecule has 3 aromatic rings. The summed E-state index contributed by atoms with van der Waals surface area (Å²) in [6.07, 6.45) is 1.33. The number of piperidine rings is 1. The zero-order valence-electron chi connectivity index (χ0n) is 19.7. The van der Waals surface area contributed by atoms with E-state index in [4.69, 9.17) is 15.7 Å². The quantitative estimate of drug-likeness (QED) is 0.555. The molecule has 1 spiro atoms. The molecule has 0 aliphatic carbocycles. The molecular weight excluding hydrogens is 442 g/mol. The van der Waals surface area contributed by atoms with Crippen LogP contribution in [-0.2, 0) is 4.84 Å². The highest BCUT2D eigenvalue weighted by molar-refractivity contribution is 6.01. The van der Waals surface area contributed by atoms with Gasteiger partial charge in [-0.05, 0) is 35.7 Å². The summed E-state index contributed by atoms with van der Waals surface area (Å²) in [5.41, 5.74) is 10.9. The lowest BCUT2D eigenvalue weighted by Crippen LogP contribution is -2.46. The van der Waals surface area contributed by atoms with E-state index in [9.17, 15) is 9.59 Å². The van der Waals surface area contributed by atoms with Crippen molar-refractivity contribution in [3.63, 3.8) is 0 Å². The third-order valence-electron chi connectivity index (χ3n) is 6.45. The molecule has 5 rings (SSSR count). The maximum Gasteiger partial charge on any atom is 0.407 e. The molecule has 0 saturated carbocycles. The van der Waals surface area contributed by atoms with Crippen molar-refractivity contribution in [3.05, 3.63) is 95.6 Å². The Kier molecular flexibility index (Phi) is 7.15. The Bertz CT molecular complexity index is 1200. The van der Waals surface area contributed by atoms with Crippen molar-refractivity contribution in [2.24, 2.45) is 10.9 Å². The summed E-state index contributed by atoms with van der Waals surface area (Å²) in [4.78, 5) is 28.9. The van der Waals surface area contributed by atoms with Gasteiger partial charge in [0.05, 0.1) is 5.71 Å². The molecule has 0 atom stereocenters. The predicted molar refractivity (Wildman–Crippen MR) is 135 cm³/mol. The molecule has 1 fully saturated rings. The van der Waals surface area contributed by atoms with E-state index in [1.807, 2.05) is 42.5 Å². The van der Waals surface area contributed by atoms with Crippen LogP contribution in [0, 0.1) is 6.92 Å². The standard InChI is InChI=1S/C15H18N2O3.C13H11NO/c1-11-2-4-12(5-3-11)13-10-15(20-16-13)6-8-17(9-7-15)14(18)19;14-13(15)12-8-6-11(7-9-12)10-4-2-1-3-5-10/h2-5H,6-10H2,1H3,(H,18,19);1-9H,(H2,14,15). The lowest BCUT2D eigenvalue weighted by atomic mass is 9.85. The van der Waals surface area contributed by atoms with Gasteiger partial charge in [0.25, 0.3) is 0 Å². The molecule has 180 valence electrons. The Morgan fingerprint density at radius 3 is 2.03 bits per heavy atom. The zero-order valence-corrected chi connectivity index (χ0v) is 19.7. The molecule has 0 radical (unpaired) electrons. The van der Waals surface area contributed by atoms with Crippen LogP contribution < -0.4 is 5.73 Å². The number of oxime groups is 1. The van der Waals surface area contributed by atoms with Crippen molar-refractivity contribution in [2.45, 2.75) is 31.8 Å². The molecule has 2 heterocycles. The highest BCUT2D eigenvalue weighted by Gasteiger charge is 2.43. The minimum atomic E-state index is -0.850. The smallest absolute Gasteiger partial charge is 0.407 e. The number of nitrogens with two attached hydrogens (primary N) is 1. The van der Waals surface area contributed by atoms with Gasteiger partial charge in [0.15, 0.2) is 0 Å². The number of nitrogens with zero attached hydrogens (tertiary/aromatic N) is 2. The molecule has 3 N–H and O–H groups in total. The Labute approximate surface area is 204 Å². The SMILES string of the molecule is Cc1ccc(C2=NOC3(CCN(C(=O)O)CC3)C2)cc1.NC(=O)c1ccc(-c2ccccc2)cc1. The van der Waals surface area contributed by atoms with Crippen LogP contribution in [0.4, 0.5) is 4.79 Å². The summed E-state index contributed by atoms with van der Waals surface area (Å²) >= 11 is 0. The number of likely N-dealkylation sites (tertiary alicyclic amines) is 1. The van der Waals surface area contributed by atoms with Crippen LogP contribution in [0.1, 0.15) is 40.7 Å². The van der Waals surface area contributed by atoms with Crippen molar-refractivity contribution in [3.8, 4) is 11.1 Å². The van der Waals surface area contributed by atoms with Crippen molar-refractivity contribution in [1.29, 1.82) is 0 Å². The Balaban J connectivity index is 0.000000172. The molecule has 1 saturated heterocycles. The normalized spacial score (nSPS) is 16.0. The molecular formula is C28H29N3O4. The third-order valence-corrected chi connectivity index (χ3v) is 6.45. The molecule has 7 nitrogen and oxygen atoms in total. The second-order valence-electron chi connectivity index (χ2n) is 8.93. The van der Waals surface area contributed by atoms with Crippen molar-refractivity contribution in [1.82, 2.24) is 4.90 Å². The van der Waals surface area contributed by atoms with Gasteiger partial charge in [0.2, 0.25) is 5.91 Å². The van der Waals surface area contributed by atoms with E-state index in [0.717, 1.165) is 28.8 Å². The number of hydrogen-bond donors (Lipinski definition) is 2. The van der Waals surface area contributed by atoms with Gasteiger partial charge in [0, 0.05) is 37.9 Å². The Hall–Kier alpha value is -4.13. The summed E-state index contributed by atoms with van der Waals surface area (Å²) in [5, 5.41) is 13.2. The van der Waals surface area contributed by atoms with Gasteiger partial charge in [-0.2, -0.15) is 0 Å². The van der Waals surface area contributed by atoms with Crippen LogP contribution in [0.2, 0.25) is 0 Å². The second-order valence-corrected chi connectivity index (χ2v) is 8.93. The topological polar surface area (TPSA) is 105 Å². The fourth-order valence-corrected chi connectivity index (χ4v) is 4.25. The molecule has 0 aromatic heterocycles. The van der Waals surface area contributed by atoms with E-state index in [1.54, 1.807) is 12.1 Å². The number of benzene rings is 3. The van der Waals surface area contributed by atoms with Gasteiger partial charge in [-0.25, -0.2) is 4.79 Å². The van der Waals surface area contributed by atoms with E-state index >= 15 is 0 Å². The number of rotatable bonds is 3. The van der Waals surface area contributed by atoms with E-state index in [1.165, 1.54) is 10.5 Å². The molecule has 0 unspecified atom stereocenters. The predicted octanol–water partition coefficient (Wildman–Crippen LogP) is 5.08. The lowest BCUT2D eigenvalue weighted by Gasteiger charge is -2.35. The number of amides is 2. The average molecular weight is 472 g/mol. The first-order valence-electron chi connectivity index (χ1n) is 11.6. The molecule has 3 aromatic carbocycles. The zero-order chi connectivity index (χ0) is 24.8. The van der Waals surface area contributed by atoms with Gasteiger partial charge in [-0.1, -0.05) is 77.4 Å². The van der Waals surface area contributed by atoms with Crippen LogP contribution in [0.3, 0.4) is 0 Å². The number of hydrogen-bond acceptors (Lipinski definition) is 4. The lowest BCUT2D eigenvalue weighted by molar-refractivity contribution is -0.0576. The first-order valence-corrected chi connectivity index (χ1v) is 11.6. The maximum atomic E-state index is 10.9. The minimum Gasteiger partial charge on any atom is -0.465 e. The van der Waals surface area contributed by atoms with E-state index < -0.39 is 12.0 Å². The monoisotopic (exact) mass is 471 g/mol. The van der Waals surface area contributed by atoms with Crippen molar-refractivity contribution in [2.75, 3.05) is 13.1 Å². The van der Waals surface area contributed by atoms with E-state index in [-0.39, 0.29) is 5.60 Å². The number of carboxylic acid groups (broad SMARTS) is 1. The summed E-state index contributed by atoms with van der Waals surface area (Å²) in [6.45, 7) is 3.10.